The number of aliphatic hydroxyl groups excluding tert-OH is 1. The number of aldehydes is 1. The molecule has 0 radical (unpaired) electrons. The van der Waals surface area contributed by atoms with Gasteiger partial charge in [-0.3, -0.25) is 4.79 Å². The van der Waals surface area contributed by atoms with Crippen LogP contribution in [0.4, 0.5) is 4.39 Å². The van der Waals surface area contributed by atoms with E-state index >= 15 is 0 Å². The molecular formula is C10H6FNO4. The standard InChI is InChI=1S/C10H6FNO4/c11-7-1-5(3-12)8(6(2-7)4-13)9(14)10(15)16/h1-2,4,9,14H,(H,15,16). The molecule has 1 aromatic carbocycles. The van der Waals surface area contributed by atoms with Crippen molar-refractivity contribution in [2.75, 3.05) is 0 Å². The van der Waals surface area contributed by atoms with Crippen LogP contribution in [0.2, 0.25) is 0 Å². The fraction of sp³-hybridized carbons (Fsp3) is 0.100. The number of benzene rings is 1. The van der Waals surface area contributed by atoms with E-state index in [1.54, 1.807) is 0 Å². The van der Waals surface area contributed by atoms with Crippen molar-refractivity contribution < 1.29 is 24.2 Å². The molecule has 1 rings (SSSR count). The second-order valence-electron chi connectivity index (χ2n) is 2.93. The number of nitriles is 1. The monoisotopic (exact) mass is 223 g/mol. The minimum atomic E-state index is -2.03. The summed E-state index contributed by atoms with van der Waals surface area (Å²) in [6, 6.07) is 3.04. The summed E-state index contributed by atoms with van der Waals surface area (Å²) in [5, 5.41) is 26.5. The van der Waals surface area contributed by atoms with Gasteiger partial charge < -0.3 is 10.2 Å². The van der Waals surface area contributed by atoms with Gasteiger partial charge in [-0.05, 0) is 12.1 Å². The molecule has 16 heavy (non-hydrogen) atoms. The molecule has 0 heterocycles. The largest absolute Gasteiger partial charge is 0.479 e. The van der Waals surface area contributed by atoms with Gasteiger partial charge in [0.05, 0.1) is 11.6 Å². The number of hydrogen-bond acceptors (Lipinski definition) is 4. The molecule has 0 aliphatic heterocycles. The van der Waals surface area contributed by atoms with Gasteiger partial charge in [0.15, 0.2) is 12.4 Å². The number of carboxylic acids is 1. The minimum Gasteiger partial charge on any atom is -0.479 e. The number of carbonyl (C=O) groups excluding carboxylic acids is 1. The van der Waals surface area contributed by atoms with Crippen molar-refractivity contribution in [2.45, 2.75) is 6.10 Å². The normalized spacial score (nSPS) is 11.6. The van der Waals surface area contributed by atoms with Crippen LogP contribution >= 0.6 is 0 Å². The molecular weight excluding hydrogens is 217 g/mol. The van der Waals surface area contributed by atoms with E-state index in [0.717, 1.165) is 12.1 Å². The summed E-state index contributed by atoms with van der Waals surface area (Å²) >= 11 is 0. The average molecular weight is 223 g/mol. The second kappa shape index (κ2) is 4.51. The van der Waals surface area contributed by atoms with Crippen LogP contribution in [0, 0.1) is 17.1 Å². The predicted octanol–water partition coefficient (Wildman–Crippen LogP) is 0.628. The first-order valence-corrected chi connectivity index (χ1v) is 4.10. The van der Waals surface area contributed by atoms with Crippen molar-refractivity contribution in [1.82, 2.24) is 0 Å². The van der Waals surface area contributed by atoms with Gasteiger partial charge in [0.1, 0.15) is 5.82 Å². The van der Waals surface area contributed by atoms with Crippen molar-refractivity contribution in [2.24, 2.45) is 0 Å². The highest BCUT2D eigenvalue weighted by Crippen LogP contribution is 2.23. The molecule has 0 amide bonds. The lowest BCUT2D eigenvalue weighted by Gasteiger charge is -2.10. The number of halogens is 1. The van der Waals surface area contributed by atoms with E-state index in [1.807, 2.05) is 0 Å². The molecule has 0 aliphatic carbocycles. The Hall–Kier alpha value is -2.26. The molecule has 0 aliphatic rings. The fourth-order valence-corrected chi connectivity index (χ4v) is 1.26. The summed E-state index contributed by atoms with van der Waals surface area (Å²) in [6.45, 7) is 0. The Labute approximate surface area is 89.4 Å². The smallest absolute Gasteiger partial charge is 0.337 e. The summed E-state index contributed by atoms with van der Waals surface area (Å²) in [5.74, 6) is -2.47. The molecule has 1 unspecified atom stereocenters. The first-order chi connectivity index (χ1) is 7.51. The van der Waals surface area contributed by atoms with Gasteiger partial charge >= 0.3 is 5.97 Å². The maximum absolute atomic E-state index is 12.9. The molecule has 82 valence electrons. The van der Waals surface area contributed by atoms with Crippen LogP contribution in [0.1, 0.15) is 27.6 Å². The molecule has 0 saturated heterocycles. The van der Waals surface area contributed by atoms with Crippen LogP contribution < -0.4 is 0 Å². The first-order valence-electron chi connectivity index (χ1n) is 4.10. The fourth-order valence-electron chi connectivity index (χ4n) is 1.26. The molecule has 0 saturated carbocycles. The van der Waals surface area contributed by atoms with E-state index in [1.165, 1.54) is 6.07 Å². The first kappa shape index (κ1) is 11.8. The third-order valence-corrected chi connectivity index (χ3v) is 1.93. The highest BCUT2D eigenvalue weighted by Gasteiger charge is 2.24. The summed E-state index contributed by atoms with van der Waals surface area (Å²) in [4.78, 5) is 21.1. The van der Waals surface area contributed by atoms with Gasteiger partial charge in [-0.25, -0.2) is 9.18 Å². The summed E-state index contributed by atoms with van der Waals surface area (Å²) in [5.41, 5.74) is -1.13. The van der Waals surface area contributed by atoms with Crippen molar-refractivity contribution >= 4 is 12.3 Å². The molecule has 5 nitrogen and oxygen atoms in total. The van der Waals surface area contributed by atoms with Crippen molar-refractivity contribution in [3.8, 4) is 6.07 Å². The minimum absolute atomic E-state index is 0.186. The zero-order valence-electron chi connectivity index (χ0n) is 7.85. The summed E-state index contributed by atoms with van der Waals surface area (Å²) < 4.78 is 12.9. The quantitative estimate of drug-likeness (QED) is 0.732. The topological polar surface area (TPSA) is 98.4 Å². The lowest BCUT2D eigenvalue weighted by atomic mass is 9.97. The van der Waals surface area contributed by atoms with Crippen molar-refractivity contribution in [1.29, 1.82) is 5.26 Å². The number of carbonyl (C=O) groups is 2. The van der Waals surface area contributed by atoms with Gasteiger partial charge in [0, 0.05) is 11.1 Å². The van der Waals surface area contributed by atoms with E-state index in [9.17, 15) is 19.1 Å². The maximum atomic E-state index is 12.9. The zero-order valence-corrected chi connectivity index (χ0v) is 7.85. The Bertz CT molecular complexity index is 492. The highest BCUT2D eigenvalue weighted by atomic mass is 19.1. The zero-order chi connectivity index (χ0) is 12.3. The number of nitrogens with zero attached hydrogens (tertiary/aromatic N) is 1. The van der Waals surface area contributed by atoms with Crippen LogP contribution in [0.3, 0.4) is 0 Å². The Balaban J connectivity index is 3.52. The molecule has 0 bridgehead atoms. The van der Waals surface area contributed by atoms with Gasteiger partial charge in [0.2, 0.25) is 0 Å². The second-order valence-corrected chi connectivity index (χ2v) is 2.93. The lowest BCUT2D eigenvalue weighted by molar-refractivity contribution is -0.147. The molecule has 2 N–H and O–H groups in total. The Morgan fingerprint density at radius 3 is 2.62 bits per heavy atom. The van der Waals surface area contributed by atoms with Crippen molar-refractivity contribution in [3.63, 3.8) is 0 Å². The molecule has 0 aromatic heterocycles. The van der Waals surface area contributed by atoms with E-state index < -0.39 is 23.5 Å². The number of aliphatic carboxylic acids is 1. The van der Waals surface area contributed by atoms with E-state index in [0.29, 0.717) is 0 Å². The molecule has 0 fully saturated rings. The number of carboxylic acid groups (broad SMARTS) is 1. The third kappa shape index (κ3) is 2.04. The molecule has 1 atom stereocenters. The predicted molar refractivity (Wildman–Crippen MR) is 49.1 cm³/mol. The highest BCUT2D eigenvalue weighted by molar-refractivity contribution is 5.84. The van der Waals surface area contributed by atoms with Gasteiger partial charge in [-0.2, -0.15) is 5.26 Å². The Morgan fingerprint density at radius 1 is 1.56 bits per heavy atom. The van der Waals surface area contributed by atoms with E-state index in [4.69, 9.17) is 10.4 Å². The number of hydrogen-bond donors (Lipinski definition) is 2. The Morgan fingerprint density at radius 2 is 2.19 bits per heavy atom. The van der Waals surface area contributed by atoms with Crippen LogP contribution in [0.15, 0.2) is 12.1 Å². The number of aliphatic hydroxyl groups is 1. The molecule has 6 heteroatoms. The van der Waals surface area contributed by atoms with E-state index in [2.05, 4.69) is 0 Å². The third-order valence-electron chi connectivity index (χ3n) is 1.93. The van der Waals surface area contributed by atoms with E-state index in [-0.39, 0.29) is 17.4 Å². The van der Waals surface area contributed by atoms with Crippen LogP contribution in [0.5, 0.6) is 0 Å². The SMILES string of the molecule is N#Cc1cc(F)cc(C=O)c1C(O)C(=O)O. The average Bonchev–Trinajstić information content (AvgIpc) is 2.26. The Kier molecular flexibility index (Phi) is 3.33. The van der Waals surface area contributed by atoms with Crippen LogP contribution in [0.25, 0.3) is 0 Å². The van der Waals surface area contributed by atoms with Crippen LogP contribution in [-0.4, -0.2) is 22.5 Å². The van der Waals surface area contributed by atoms with Crippen LogP contribution in [-0.2, 0) is 4.79 Å². The van der Waals surface area contributed by atoms with Crippen molar-refractivity contribution in [3.05, 3.63) is 34.6 Å². The van der Waals surface area contributed by atoms with Gasteiger partial charge in [-0.1, -0.05) is 0 Å². The number of rotatable bonds is 3. The van der Waals surface area contributed by atoms with Gasteiger partial charge in [0.25, 0.3) is 0 Å². The lowest BCUT2D eigenvalue weighted by Crippen LogP contribution is -2.14. The van der Waals surface area contributed by atoms with Gasteiger partial charge in [-0.15, -0.1) is 0 Å². The molecule has 1 aromatic rings. The summed E-state index contributed by atoms with van der Waals surface area (Å²) in [6.07, 6.45) is -1.85. The summed E-state index contributed by atoms with van der Waals surface area (Å²) in [7, 11) is 0. The molecule has 0 spiro atoms. The maximum Gasteiger partial charge on any atom is 0.337 e.